The van der Waals surface area contributed by atoms with Gasteiger partial charge in [0.25, 0.3) is 0 Å². The first-order valence-corrected chi connectivity index (χ1v) is 5.53. The third-order valence-corrected chi connectivity index (χ3v) is 4.02. The minimum atomic E-state index is 0.577. The first-order valence-electron chi connectivity index (χ1n) is 5.53. The summed E-state index contributed by atoms with van der Waals surface area (Å²) in [5, 5.41) is 0. The van der Waals surface area contributed by atoms with Crippen molar-refractivity contribution >= 4 is 0 Å². The second-order valence-electron chi connectivity index (χ2n) is 4.70. The lowest BCUT2D eigenvalue weighted by atomic mass is 9.61. The van der Waals surface area contributed by atoms with Crippen molar-refractivity contribution in [2.75, 3.05) is 26.7 Å². The van der Waals surface area contributed by atoms with Gasteiger partial charge in [-0.05, 0) is 50.7 Å². The zero-order chi connectivity index (χ0) is 9.31. The van der Waals surface area contributed by atoms with E-state index in [1.807, 2.05) is 7.11 Å². The molecule has 0 amide bonds. The Morgan fingerprint density at radius 1 is 1.31 bits per heavy atom. The van der Waals surface area contributed by atoms with Crippen molar-refractivity contribution < 1.29 is 4.74 Å². The highest BCUT2D eigenvalue weighted by Gasteiger charge is 2.45. The summed E-state index contributed by atoms with van der Waals surface area (Å²) in [7, 11) is 1.85. The maximum atomic E-state index is 5.35. The van der Waals surface area contributed by atoms with Gasteiger partial charge in [0.2, 0.25) is 0 Å². The molecule has 1 spiro atoms. The summed E-state index contributed by atoms with van der Waals surface area (Å²) in [6.45, 7) is 6.11. The molecule has 0 radical (unpaired) electrons. The highest BCUT2D eigenvalue weighted by atomic mass is 16.5. The summed E-state index contributed by atoms with van der Waals surface area (Å²) in [4.78, 5) is 2.56. The van der Waals surface area contributed by atoms with Crippen LogP contribution in [0.3, 0.4) is 0 Å². The smallest absolute Gasteiger partial charge is 0.0582 e. The summed E-state index contributed by atoms with van der Waals surface area (Å²) in [6, 6.07) is 0. The molecule has 1 aliphatic heterocycles. The zero-order valence-electron chi connectivity index (χ0n) is 8.88. The Labute approximate surface area is 81.3 Å². The first kappa shape index (κ1) is 9.47. The highest BCUT2D eigenvalue weighted by molar-refractivity contribution is 4.97. The average molecular weight is 183 g/mol. The summed E-state index contributed by atoms with van der Waals surface area (Å²) in [5.41, 5.74) is 0.687. The van der Waals surface area contributed by atoms with Crippen LogP contribution in [0.4, 0.5) is 0 Å². The van der Waals surface area contributed by atoms with E-state index in [9.17, 15) is 0 Å². The molecule has 0 atom stereocenters. The van der Waals surface area contributed by atoms with Crippen LogP contribution < -0.4 is 0 Å². The van der Waals surface area contributed by atoms with Crippen LogP contribution in [0.15, 0.2) is 0 Å². The van der Waals surface area contributed by atoms with Crippen LogP contribution >= 0.6 is 0 Å². The van der Waals surface area contributed by atoms with Gasteiger partial charge in [0.1, 0.15) is 0 Å². The van der Waals surface area contributed by atoms with E-state index in [1.54, 1.807) is 0 Å². The molecule has 2 rings (SSSR count). The molecule has 0 N–H and O–H groups in total. The predicted molar refractivity (Wildman–Crippen MR) is 53.8 cm³/mol. The largest absolute Gasteiger partial charge is 0.381 e. The number of likely N-dealkylation sites (tertiary alicyclic amines) is 1. The van der Waals surface area contributed by atoms with Crippen molar-refractivity contribution in [3.8, 4) is 0 Å². The first-order chi connectivity index (χ1) is 6.28. The van der Waals surface area contributed by atoms with Crippen molar-refractivity contribution in [1.82, 2.24) is 4.90 Å². The summed E-state index contributed by atoms with van der Waals surface area (Å²) in [6.07, 6.45) is 6.02. The number of methoxy groups -OCH3 is 1. The second-order valence-corrected chi connectivity index (χ2v) is 4.70. The van der Waals surface area contributed by atoms with E-state index in [0.29, 0.717) is 11.5 Å². The monoisotopic (exact) mass is 183 g/mol. The SMILES string of the molecule is CCN1CCC2(CC1)CC(OC)C2. The quantitative estimate of drug-likeness (QED) is 0.648. The van der Waals surface area contributed by atoms with Crippen LogP contribution in [0.1, 0.15) is 32.6 Å². The number of rotatable bonds is 2. The maximum Gasteiger partial charge on any atom is 0.0582 e. The fourth-order valence-electron chi connectivity index (χ4n) is 2.82. The van der Waals surface area contributed by atoms with Gasteiger partial charge >= 0.3 is 0 Å². The van der Waals surface area contributed by atoms with Crippen LogP contribution in [0.25, 0.3) is 0 Å². The molecule has 2 fully saturated rings. The lowest BCUT2D eigenvalue weighted by Gasteiger charge is -2.51. The van der Waals surface area contributed by atoms with Crippen molar-refractivity contribution in [2.45, 2.75) is 38.7 Å². The van der Waals surface area contributed by atoms with E-state index in [1.165, 1.54) is 45.3 Å². The average Bonchev–Trinajstić information content (AvgIpc) is 2.14. The molecule has 1 saturated heterocycles. The standard InChI is InChI=1S/C11H21NO/c1-3-12-6-4-11(5-7-12)8-10(9-11)13-2/h10H,3-9H2,1-2H3. The van der Waals surface area contributed by atoms with Crippen LogP contribution in [0.2, 0.25) is 0 Å². The van der Waals surface area contributed by atoms with Crippen LogP contribution in [-0.4, -0.2) is 37.7 Å². The molecule has 1 heterocycles. The molecule has 2 heteroatoms. The lowest BCUT2D eigenvalue weighted by Crippen LogP contribution is -2.49. The summed E-state index contributed by atoms with van der Waals surface area (Å²) >= 11 is 0. The Balaban J connectivity index is 1.79. The number of ether oxygens (including phenoxy) is 1. The van der Waals surface area contributed by atoms with Gasteiger partial charge < -0.3 is 9.64 Å². The fourth-order valence-corrected chi connectivity index (χ4v) is 2.82. The molecule has 0 aromatic rings. The molecule has 0 aromatic carbocycles. The normalized spacial score (nSPS) is 29.1. The summed E-state index contributed by atoms with van der Waals surface area (Å²) < 4.78 is 5.35. The Hall–Kier alpha value is -0.0800. The minimum Gasteiger partial charge on any atom is -0.381 e. The third kappa shape index (κ3) is 1.75. The van der Waals surface area contributed by atoms with Crippen LogP contribution in [-0.2, 0) is 4.74 Å². The Morgan fingerprint density at radius 3 is 2.38 bits per heavy atom. The van der Waals surface area contributed by atoms with Crippen molar-refractivity contribution in [1.29, 1.82) is 0 Å². The van der Waals surface area contributed by atoms with Gasteiger partial charge in [0.15, 0.2) is 0 Å². The van der Waals surface area contributed by atoms with Crippen LogP contribution in [0, 0.1) is 5.41 Å². The van der Waals surface area contributed by atoms with E-state index < -0.39 is 0 Å². The van der Waals surface area contributed by atoms with Crippen LogP contribution in [0.5, 0.6) is 0 Å². The highest BCUT2D eigenvalue weighted by Crippen LogP contribution is 2.49. The number of hydrogen-bond acceptors (Lipinski definition) is 2. The van der Waals surface area contributed by atoms with E-state index in [2.05, 4.69) is 11.8 Å². The Kier molecular flexibility index (Phi) is 2.61. The third-order valence-electron chi connectivity index (χ3n) is 4.02. The molecule has 2 nitrogen and oxygen atoms in total. The zero-order valence-corrected chi connectivity index (χ0v) is 8.88. The molecule has 0 aromatic heterocycles. The summed E-state index contributed by atoms with van der Waals surface area (Å²) in [5.74, 6) is 0. The van der Waals surface area contributed by atoms with Gasteiger partial charge in [-0.25, -0.2) is 0 Å². The lowest BCUT2D eigenvalue weighted by molar-refractivity contribution is -0.0871. The van der Waals surface area contributed by atoms with Gasteiger partial charge in [0, 0.05) is 7.11 Å². The number of nitrogens with zero attached hydrogens (tertiary/aromatic N) is 1. The fraction of sp³-hybridized carbons (Fsp3) is 1.00. The number of hydrogen-bond donors (Lipinski definition) is 0. The molecule has 1 saturated carbocycles. The van der Waals surface area contributed by atoms with Gasteiger partial charge in [-0.15, -0.1) is 0 Å². The molecule has 0 unspecified atom stereocenters. The van der Waals surface area contributed by atoms with E-state index in [-0.39, 0.29) is 0 Å². The molecule has 0 bridgehead atoms. The van der Waals surface area contributed by atoms with E-state index in [4.69, 9.17) is 4.74 Å². The molecule has 2 aliphatic rings. The van der Waals surface area contributed by atoms with E-state index >= 15 is 0 Å². The topological polar surface area (TPSA) is 12.5 Å². The van der Waals surface area contributed by atoms with Gasteiger partial charge in [-0.2, -0.15) is 0 Å². The van der Waals surface area contributed by atoms with Gasteiger partial charge in [0.05, 0.1) is 6.10 Å². The van der Waals surface area contributed by atoms with Crippen molar-refractivity contribution in [3.63, 3.8) is 0 Å². The van der Waals surface area contributed by atoms with Gasteiger partial charge in [-0.3, -0.25) is 0 Å². The Morgan fingerprint density at radius 2 is 1.92 bits per heavy atom. The molecule has 13 heavy (non-hydrogen) atoms. The van der Waals surface area contributed by atoms with Crippen molar-refractivity contribution in [3.05, 3.63) is 0 Å². The number of piperidine rings is 1. The molecule has 76 valence electrons. The van der Waals surface area contributed by atoms with Gasteiger partial charge in [-0.1, -0.05) is 6.92 Å². The second kappa shape index (κ2) is 3.58. The predicted octanol–water partition coefficient (Wildman–Crippen LogP) is 1.90. The molecule has 1 aliphatic carbocycles. The Bertz CT molecular complexity index is 165. The maximum absolute atomic E-state index is 5.35. The molecular weight excluding hydrogens is 162 g/mol. The molecular formula is C11H21NO. The van der Waals surface area contributed by atoms with E-state index in [0.717, 1.165) is 0 Å². The minimum absolute atomic E-state index is 0.577. The van der Waals surface area contributed by atoms with Crippen molar-refractivity contribution in [2.24, 2.45) is 5.41 Å².